The smallest absolute Gasteiger partial charge is 0.156 e. The minimum Gasteiger partial charge on any atom is -0.303 e. The van der Waals surface area contributed by atoms with Crippen LogP contribution in [0.3, 0.4) is 0 Å². The van der Waals surface area contributed by atoms with Gasteiger partial charge in [-0.25, -0.2) is 15.0 Å². The van der Waals surface area contributed by atoms with Crippen LogP contribution in [0.2, 0.25) is 0 Å². The Balaban J connectivity index is 0.000000111. The van der Waals surface area contributed by atoms with Crippen LogP contribution in [-0.4, -0.2) is 28.7 Å². The van der Waals surface area contributed by atoms with Gasteiger partial charge in [-0.15, -0.1) is 0 Å². The lowest BCUT2D eigenvalue weighted by Gasteiger charge is -1.86. The molecule has 0 aliphatic carbocycles. The molecule has 6 heteroatoms. The Morgan fingerprint density at radius 2 is 1.61 bits per heavy atom. The summed E-state index contributed by atoms with van der Waals surface area (Å²) in [6, 6.07) is 1.87. The molecule has 4 rings (SSSR count). The number of hydrogen-bond donors (Lipinski definition) is 0. The first-order chi connectivity index (χ1) is 8.93. The molecule has 4 aromatic rings. The van der Waals surface area contributed by atoms with E-state index in [1.807, 2.05) is 27.3 Å². The van der Waals surface area contributed by atoms with E-state index in [1.54, 1.807) is 43.6 Å². The number of nitrogens with zero attached hydrogens (tertiary/aromatic N) is 6. The van der Waals surface area contributed by atoms with Crippen LogP contribution in [-0.2, 0) is 0 Å². The van der Waals surface area contributed by atoms with E-state index in [0.717, 1.165) is 11.2 Å². The summed E-state index contributed by atoms with van der Waals surface area (Å²) in [5.74, 6) is 0. The minimum atomic E-state index is 0.887. The summed E-state index contributed by atoms with van der Waals surface area (Å²) in [6.45, 7) is 0. The van der Waals surface area contributed by atoms with E-state index >= 15 is 0 Å². The molecular formula is C12H10N6. The predicted octanol–water partition coefficient (Wildman–Crippen LogP) is 1.46. The fourth-order valence-corrected chi connectivity index (χ4v) is 1.53. The van der Waals surface area contributed by atoms with Crippen molar-refractivity contribution in [1.29, 1.82) is 0 Å². The lowest BCUT2D eigenvalue weighted by Crippen LogP contribution is -1.80. The molecule has 88 valence electrons. The van der Waals surface area contributed by atoms with Gasteiger partial charge in [0.15, 0.2) is 5.65 Å². The minimum absolute atomic E-state index is 0.887. The quantitative estimate of drug-likeness (QED) is 0.465. The summed E-state index contributed by atoms with van der Waals surface area (Å²) in [4.78, 5) is 15.8. The second-order valence-corrected chi connectivity index (χ2v) is 3.58. The molecule has 0 fully saturated rings. The van der Waals surface area contributed by atoms with E-state index < -0.39 is 0 Å². The lowest BCUT2D eigenvalue weighted by atomic mass is 10.6. The van der Waals surface area contributed by atoms with Crippen molar-refractivity contribution in [2.24, 2.45) is 0 Å². The van der Waals surface area contributed by atoms with E-state index in [-0.39, 0.29) is 0 Å². The van der Waals surface area contributed by atoms with Gasteiger partial charge in [0, 0.05) is 24.8 Å². The number of rotatable bonds is 0. The van der Waals surface area contributed by atoms with E-state index in [9.17, 15) is 0 Å². The van der Waals surface area contributed by atoms with Crippen molar-refractivity contribution in [3.05, 3.63) is 62.1 Å². The van der Waals surface area contributed by atoms with Crippen molar-refractivity contribution < 1.29 is 0 Å². The lowest BCUT2D eigenvalue weighted by molar-refractivity contribution is 1.11. The van der Waals surface area contributed by atoms with Crippen LogP contribution >= 0.6 is 0 Å². The molecule has 6 nitrogen and oxygen atoms in total. The molecule has 0 spiro atoms. The largest absolute Gasteiger partial charge is 0.303 e. The van der Waals surface area contributed by atoms with Crippen molar-refractivity contribution in [2.75, 3.05) is 0 Å². The summed E-state index contributed by atoms with van der Waals surface area (Å²) >= 11 is 0. The Morgan fingerprint density at radius 1 is 0.778 bits per heavy atom. The van der Waals surface area contributed by atoms with Gasteiger partial charge in [-0.2, -0.15) is 0 Å². The average molecular weight is 238 g/mol. The van der Waals surface area contributed by atoms with Gasteiger partial charge in [0.05, 0.1) is 30.4 Å². The van der Waals surface area contributed by atoms with Crippen molar-refractivity contribution in [1.82, 2.24) is 28.7 Å². The van der Waals surface area contributed by atoms with Gasteiger partial charge in [0.2, 0.25) is 0 Å². The van der Waals surface area contributed by atoms with E-state index in [4.69, 9.17) is 0 Å². The highest BCUT2D eigenvalue weighted by atomic mass is 15.0. The monoisotopic (exact) mass is 238 g/mol. The molecule has 0 unspecified atom stereocenters. The van der Waals surface area contributed by atoms with Crippen LogP contribution in [0.1, 0.15) is 0 Å². The molecule has 0 atom stereocenters. The van der Waals surface area contributed by atoms with Crippen molar-refractivity contribution in [3.8, 4) is 0 Å². The highest BCUT2D eigenvalue weighted by molar-refractivity contribution is 5.40. The third-order valence-electron chi connectivity index (χ3n) is 2.40. The Hall–Kier alpha value is -2.76. The topological polar surface area (TPSA) is 60.4 Å². The maximum absolute atomic E-state index is 4.04. The summed E-state index contributed by atoms with van der Waals surface area (Å²) < 4.78 is 3.77. The first kappa shape index (κ1) is 10.4. The van der Waals surface area contributed by atoms with Gasteiger partial charge >= 0.3 is 0 Å². The molecular weight excluding hydrogens is 228 g/mol. The predicted molar refractivity (Wildman–Crippen MR) is 66.0 cm³/mol. The van der Waals surface area contributed by atoms with Gasteiger partial charge in [0.25, 0.3) is 0 Å². The van der Waals surface area contributed by atoms with E-state index in [0.29, 0.717) is 0 Å². The van der Waals surface area contributed by atoms with Crippen molar-refractivity contribution >= 4 is 11.2 Å². The standard InChI is InChI=1S/2C6H5N3/c1-2-9-5-8-4-6(9)3-7-1;1-2-8-6-4-7-5-9(6)3-1/h2*1-5H. The molecule has 0 N–H and O–H groups in total. The van der Waals surface area contributed by atoms with E-state index in [1.165, 1.54) is 0 Å². The Labute approximate surface area is 103 Å². The molecule has 18 heavy (non-hydrogen) atoms. The molecule has 0 aliphatic rings. The molecule has 0 amide bonds. The van der Waals surface area contributed by atoms with Crippen LogP contribution in [0.4, 0.5) is 0 Å². The molecule has 0 saturated heterocycles. The summed E-state index contributed by atoms with van der Waals surface area (Å²) in [7, 11) is 0. The zero-order chi connectivity index (χ0) is 12.2. The molecule has 0 aliphatic heterocycles. The normalized spacial score (nSPS) is 10.2. The van der Waals surface area contributed by atoms with Gasteiger partial charge in [-0.3, -0.25) is 9.38 Å². The first-order valence-corrected chi connectivity index (χ1v) is 5.38. The second kappa shape index (κ2) is 4.62. The van der Waals surface area contributed by atoms with Gasteiger partial charge in [0.1, 0.15) is 6.33 Å². The fraction of sp³-hybridized carbons (Fsp3) is 0. The zero-order valence-corrected chi connectivity index (χ0v) is 9.46. The van der Waals surface area contributed by atoms with Crippen LogP contribution < -0.4 is 0 Å². The first-order valence-electron chi connectivity index (χ1n) is 5.38. The Bertz CT molecular complexity index is 631. The highest BCUT2D eigenvalue weighted by Crippen LogP contribution is 1.95. The average Bonchev–Trinajstić information content (AvgIpc) is 3.08. The third kappa shape index (κ3) is 2.03. The fourth-order valence-electron chi connectivity index (χ4n) is 1.53. The molecule has 4 aromatic heterocycles. The maximum Gasteiger partial charge on any atom is 0.156 e. The number of hydrogen-bond acceptors (Lipinski definition) is 4. The van der Waals surface area contributed by atoms with Gasteiger partial charge < -0.3 is 4.40 Å². The SMILES string of the molecule is c1cn2cncc2cn1.c1cnc2cncn2c1. The third-order valence-corrected chi connectivity index (χ3v) is 2.40. The highest BCUT2D eigenvalue weighted by Gasteiger charge is 1.87. The van der Waals surface area contributed by atoms with Crippen LogP contribution in [0.15, 0.2) is 62.1 Å². The molecule has 0 bridgehead atoms. The maximum atomic E-state index is 4.04. The van der Waals surface area contributed by atoms with Gasteiger partial charge in [-0.1, -0.05) is 0 Å². The number of fused-ring (bicyclic) bond motifs is 2. The zero-order valence-electron chi connectivity index (χ0n) is 9.46. The number of aromatic nitrogens is 6. The number of imidazole rings is 2. The van der Waals surface area contributed by atoms with Crippen LogP contribution in [0, 0.1) is 0 Å². The van der Waals surface area contributed by atoms with Crippen molar-refractivity contribution in [3.63, 3.8) is 0 Å². The Morgan fingerprint density at radius 3 is 2.50 bits per heavy atom. The summed E-state index contributed by atoms with van der Waals surface area (Å²) in [6.07, 6.45) is 16.0. The molecule has 0 radical (unpaired) electrons. The summed E-state index contributed by atoms with van der Waals surface area (Å²) in [5.41, 5.74) is 1.91. The second-order valence-electron chi connectivity index (χ2n) is 3.58. The van der Waals surface area contributed by atoms with Crippen LogP contribution in [0.5, 0.6) is 0 Å². The van der Waals surface area contributed by atoms with Gasteiger partial charge in [-0.05, 0) is 6.07 Å². The molecule has 0 aromatic carbocycles. The van der Waals surface area contributed by atoms with E-state index in [2.05, 4.69) is 19.9 Å². The Kier molecular flexibility index (Phi) is 2.67. The van der Waals surface area contributed by atoms with Crippen LogP contribution in [0.25, 0.3) is 11.2 Å². The van der Waals surface area contributed by atoms with Crippen molar-refractivity contribution in [2.45, 2.75) is 0 Å². The summed E-state index contributed by atoms with van der Waals surface area (Å²) in [5, 5.41) is 0. The molecule has 4 heterocycles. The molecule has 0 saturated carbocycles.